The van der Waals surface area contributed by atoms with Gasteiger partial charge in [-0.15, -0.1) is 0 Å². The first-order valence-electron chi connectivity index (χ1n) is 10.5. The minimum Gasteiger partial charge on any atom is -0.456 e. The van der Waals surface area contributed by atoms with Gasteiger partial charge in [0.05, 0.1) is 5.69 Å². The third-order valence-electron chi connectivity index (χ3n) is 5.57. The zero-order chi connectivity index (χ0) is 21.0. The van der Waals surface area contributed by atoms with Crippen molar-refractivity contribution >= 4 is 17.7 Å². The molecule has 1 aliphatic rings. The number of aliphatic imine (C=N–C) groups is 1. The van der Waals surface area contributed by atoms with Crippen LogP contribution in [0.5, 0.6) is 5.75 Å². The van der Waals surface area contributed by atoms with Crippen LogP contribution in [0.25, 0.3) is 5.76 Å². The maximum Gasteiger partial charge on any atom is 0.140 e. The lowest BCUT2D eigenvalue weighted by Gasteiger charge is -2.30. The number of ether oxygens (including phenoxy) is 1. The zero-order valence-electron chi connectivity index (χ0n) is 17.4. The number of benzene rings is 4. The summed E-state index contributed by atoms with van der Waals surface area (Å²) in [5, 5.41) is 0. The average molecular weight is 402 g/mol. The molecule has 4 aromatic carbocycles. The van der Waals surface area contributed by atoms with Crippen LogP contribution in [0.2, 0.25) is 0 Å². The van der Waals surface area contributed by atoms with Crippen molar-refractivity contribution in [2.45, 2.75) is 12.8 Å². The summed E-state index contributed by atoms with van der Waals surface area (Å²) in [6.45, 7) is 2.12. The first kappa shape index (κ1) is 19.1. The molecule has 2 heteroatoms. The Morgan fingerprint density at radius 3 is 2.10 bits per heavy atom. The highest BCUT2D eigenvalue weighted by Crippen LogP contribution is 2.45. The van der Waals surface area contributed by atoms with Gasteiger partial charge < -0.3 is 4.74 Å². The smallest absolute Gasteiger partial charge is 0.140 e. The number of hydrogen-bond donors (Lipinski definition) is 0. The molecule has 2 nitrogen and oxygen atoms in total. The van der Waals surface area contributed by atoms with Crippen LogP contribution in [0.4, 0.5) is 5.69 Å². The third kappa shape index (κ3) is 3.93. The van der Waals surface area contributed by atoms with Crippen LogP contribution in [0, 0.1) is 6.92 Å². The van der Waals surface area contributed by atoms with Gasteiger partial charge in [-0.1, -0.05) is 96.6 Å². The van der Waals surface area contributed by atoms with Crippen LogP contribution >= 0.6 is 0 Å². The Labute approximate surface area is 183 Å². The Balaban J connectivity index is 1.73. The van der Waals surface area contributed by atoms with E-state index in [4.69, 9.17) is 9.73 Å². The number of hydrogen-bond acceptors (Lipinski definition) is 2. The van der Waals surface area contributed by atoms with Crippen molar-refractivity contribution < 1.29 is 4.74 Å². The normalized spacial score (nSPS) is 15.6. The monoisotopic (exact) mass is 401 g/mol. The molecule has 1 aliphatic heterocycles. The van der Waals surface area contributed by atoms with Gasteiger partial charge in [0, 0.05) is 28.8 Å². The Bertz CT molecular complexity index is 1240. The summed E-state index contributed by atoms with van der Waals surface area (Å²) in [7, 11) is 0. The minimum atomic E-state index is 0.0354. The van der Waals surface area contributed by atoms with Gasteiger partial charge in [0.1, 0.15) is 11.5 Å². The molecule has 31 heavy (non-hydrogen) atoms. The maximum atomic E-state index is 6.48. The van der Waals surface area contributed by atoms with Crippen molar-refractivity contribution in [3.05, 3.63) is 137 Å². The molecule has 5 rings (SSSR count). The molecule has 0 radical (unpaired) electrons. The summed E-state index contributed by atoms with van der Waals surface area (Å²) in [4.78, 5) is 4.81. The number of para-hydroxylation sites is 2. The quantitative estimate of drug-likeness (QED) is 0.328. The lowest BCUT2D eigenvalue weighted by atomic mass is 9.81. The Morgan fingerprint density at radius 2 is 1.35 bits per heavy atom. The molecular formula is C29H23NO. The van der Waals surface area contributed by atoms with Crippen molar-refractivity contribution in [3.8, 4) is 5.75 Å². The van der Waals surface area contributed by atoms with Gasteiger partial charge in [-0.05, 0) is 30.7 Å². The van der Waals surface area contributed by atoms with Gasteiger partial charge in [0.15, 0.2) is 0 Å². The largest absolute Gasteiger partial charge is 0.456 e. The first-order valence-corrected chi connectivity index (χ1v) is 10.5. The van der Waals surface area contributed by atoms with E-state index < -0.39 is 0 Å². The van der Waals surface area contributed by atoms with E-state index >= 15 is 0 Å². The molecule has 0 N–H and O–H groups in total. The molecule has 0 aliphatic carbocycles. The minimum absolute atomic E-state index is 0.0354. The van der Waals surface area contributed by atoms with Gasteiger partial charge in [-0.25, -0.2) is 0 Å². The Kier molecular flexibility index (Phi) is 5.20. The molecule has 4 aromatic rings. The molecule has 0 unspecified atom stereocenters. The second kappa shape index (κ2) is 8.45. The number of rotatable bonds is 4. The van der Waals surface area contributed by atoms with Gasteiger partial charge >= 0.3 is 0 Å². The van der Waals surface area contributed by atoms with Crippen molar-refractivity contribution in [3.63, 3.8) is 0 Å². The van der Waals surface area contributed by atoms with E-state index in [1.54, 1.807) is 0 Å². The van der Waals surface area contributed by atoms with E-state index in [9.17, 15) is 0 Å². The van der Waals surface area contributed by atoms with Gasteiger partial charge in [-0.3, -0.25) is 4.99 Å². The standard InChI is InChI=1S/C29H23NO/c1-21-16-18-22(19-17-21)28-25-14-8-9-15-27(25)31-29(23-10-4-2-5-11-23)26(28)20-30-24-12-6-3-7-13-24/h2-20,28H,1H3/t28-/m0/s1. The molecule has 0 fully saturated rings. The lowest BCUT2D eigenvalue weighted by Crippen LogP contribution is -2.17. The average Bonchev–Trinajstić information content (AvgIpc) is 2.84. The number of aryl methyl sites for hydroxylation is 1. The highest BCUT2D eigenvalue weighted by atomic mass is 16.5. The number of nitrogens with zero attached hydrogens (tertiary/aromatic N) is 1. The Morgan fingerprint density at radius 1 is 0.710 bits per heavy atom. The van der Waals surface area contributed by atoms with Gasteiger partial charge in [-0.2, -0.15) is 0 Å². The van der Waals surface area contributed by atoms with Crippen LogP contribution in [0.15, 0.2) is 120 Å². The summed E-state index contributed by atoms with van der Waals surface area (Å²) in [6, 6.07) is 37.4. The molecule has 0 saturated heterocycles. The number of fused-ring (bicyclic) bond motifs is 1. The van der Waals surface area contributed by atoms with Crippen LogP contribution in [-0.4, -0.2) is 6.21 Å². The van der Waals surface area contributed by atoms with E-state index in [0.717, 1.165) is 33.9 Å². The number of allylic oxidation sites excluding steroid dienone is 1. The van der Waals surface area contributed by atoms with Gasteiger partial charge in [0.2, 0.25) is 0 Å². The van der Waals surface area contributed by atoms with Crippen molar-refractivity contribution in [2.75, 3.05) is 0 Å². The van der Waals surface area contributed by atoms with Gasteiger partial charge in [0.25, 0.3) is 0 Å². The molecule has 0 saturated carbocycles. The van der Waals surface area contributed by atoms with Crippen LogP contribution in [0.3, 0.4) is 0 Å². The van der Waals surface area contributed by atoms with Crippen molar-refractivity contribution in [1.82, 2.24) is 0 Å². The zero-order valence-corrected chi connectivity index (χ0v) is 17.4. The van der Waals surface area contributed by atoms with E-state index in [1.165, 1.54) is 11.1 Å². The fourth-order valence-corrected chi connectivity index (χ4v) is 4.00. The van der Waals surface area contributed by atoms with Crippen LogP contribution in [-0.2, 0) is 0 Å². The first-order chi connectivity index (χ1) is 15.3. The molecular weight excluding hydrogens is 378 g/mol. The summed E-state index contributed by atoms with van der Waals surface area (Å²) < 4.78 is 6.48. The highest BCUT2D eigenvalue weighted by molar-refractivity contribution is 5.95. The molecule has 0 aromatic heterocycles. The molecule has 1 atom stereocenters. The molecule has 0 amide bonds. The van der Waals surface area contributed by atoms with E-state index in [1.807, 2.05) is 66.9 Å². The second-order valence-electron chi connectivity index (χ2n) is 7.73. The highest BCUT2D eigenvalue weighted by Gasteiger charge is 2.30. The van der Waals surface area contributed by atoms with Crippen LogP contribution < -0.4 is 4.74 Å². The second-order valence-corrected chi connectivity index (χ2v) is 7.73. The fraction of sp³-hybridized carbons (Fsp3) is 0.0690. The topological polar surface area (TPSA) is 21.6 Å². The Hall–Kier alpha value is -3.91. The molecule has 1 heterocycles. The SMILES string of the molecule is Cc1ccc([C@@H]2C(C=Nc3ccccc3)=C(c3ccccc3)Oc3ccccc32)cc1. The predicted octanol–water partition coefficient (Wildman–Crippen LogP) is 7.33. The summed E-state index contributed by atoms with van der Waals surface area (Å²) >= 11 is 0. The third-order valence-corrected chi connectivity index (χ3v) is 5.57. The lowest BCUT2D eigenvalue weighted by molar-refractivity contribution is 0.489. The van der Waals surface area contributed by atoms with Crippen molar-refractivity contribution in [2.24, 2.45) is 4.99 Å². The van der Waals surface area contributed by atoms with E-state index in [2.05, 4.69) is 55.5 Å². The summed E-state index contributed by atoms with van der Waals surface area (Å²) in [6.07, 6.45) is 1.97. The summed E-state index contributed by atoms with van der Waals surface area (Å²) in [5.41, 5.74) is 6.64. The fourth-order valence-electron chi connectivity index (χ4n) is 4.00. The van der Waals surface area contributed by atoms with E-state index in [-0.39, 0.29) is 5.92 Å². The molecule has 150 valence electrons. The maximum absolute atomic E-state index is 6.48. The van der Waals surface area contributed by atoms with Crippen LogP contribution in [0.1, 0.15) is 28.2 Å². The molecule has 0 bridgehead atoms. The summed E-state index contributed by atoms with van der Waals surface area (Å²) in [5.74, 6) is 1.78. The van der Waals surface area contributed by atoms with Crippen molar-refractivity contribution in [1.29, 1.82) is 0 Å². The molecule has 0 spiro atoms. The predicted molar refractivity (Wildman–Crippen MR) is 128 cm³/mol. The van der Waals surface area contributed by atoms with E-state index in [0.29, 0.717) is 0 Å².